The number of aliphatic hydroxyl groups excluding tert-OH is 1. The molecule has 1 aromatic rings. The Kier molecular flexibility index (Phi) is 4.12. The van der Waals surface area contributed by atoms with Crippen molar-refractivity contribution in [3.63, 3.8) is 0 Å². The lowest BCUT2D eigenvalue weighted by molar-refractivity contribution is 0.216. The predicted molar refractivity (Wildman–Crippen MR) is 68.0 cm³/mol. The van der Waals surface area contributed by atoms with Crippen LogP contribution in [0, 0.1) is 0 Å². The molecule has 0 saturated heterocycles. The maximum absolute atomic E-state index is 9.32. The normalized spacial score (nSPS) is 11.3. The largest absolute Gasteiger partial charge is 0.394 e. The van der Waals surface area contributed by atoms with Crippen LogP contribution in [0.4, 0.5) is 11.4 Å². The van der Waals surface area contributed by atoms with Crippen molar-refractivity contribution in [1.29, 1.82) is 0 Å². The number of hydrogen-bond donors (Lipinski definition) is 2. The van der Waals surface area contributed by atoms with Crippen molar-refractivity contribution in [3.05, 3.63) is 18.5 Å². The third-order valence-electron chi connectivity index (χ3n) is 2.79. The van der Waals surface area contributed by atoms with Crippen molar-refractivity contribution in [3.8, 4) is 0 Å². The molecule has 0 bridgehead atoms. The molecule has 1 aromatic heterocycles. The second-order valence-electron chi connectivity index (χ2n) is 4.49. The molecule has 1 heterocycles. The molecule has 0 unspecified atom stereocenters. The molecule has 0 aliphatic carbocycles. The van der Waals surface area contributed by atoms with Crippen LogP contribution in [-0.2, 0) is 0 Å². The van der Waals surface area contributed by atoms with Crippen molar-refractivity contribution in [2.24, 2.45) is 0 Å². The van der Waals surface area contributed by atoms with Crippen molar-refractivity contribution < 1.29 is 5.11 Å². The van der Waals surface area contributed by atoms with Crippen LogP contribution in [-0.4, -0.2) is 35.8 Å². The number of pyridine rings is 1. The van der Waals surface area contributed by atoms with Gasteiger partial charge >= 0.3 is 0 Å². The van der Waals surface area contributed by atoms with Gasteiger partial charge in [-0.2, -0.15) is 0 Å². The van der Waals surface area contributed by atoms with Gasteiger partial charge < -0.3 is 15.3 Å². The smallest absolute Gasteiger partial charge is 0.0658 e. The van der Waals surface area contributed by atoms with Crippen LogP contribution >= 0.6 is 0 Å². The SMILES string of the molecule is CCNc1cncc(N(C)C(C)(C)CO)c1. The van der Waals surface area contributed by atoms with Crippen LogP contribution < -0.4 is 10.2 Å². The number of nitrogens with zero attached hydrogens (tertiary/aromatic N) is 2. The molecule has 0 spiro atoms. The maximum atomic E-state index is 9.32. The molecular formula is C12H21N3O. The maximum Gasteiger partial charge on any atom is 0.0658 e. The first-order valence-electron chi connectivity index (χ1n) is 5.55. The molecule has 0 radical (unpaired) electrons. The molecule has 90 valence electrons. The van der Waals surface area contributed by atoms with E-state index in [4.69, 9.17) is 0 Å². The van der Waals surface area contributed by atoms with Gasteiger partial charge in [-0.1, -0.05) is 0 Å². The molecule has 4 heteroatoms. The summed E-state index contributed by atoms with van der Waals surface area (Å²) in [5.41, 5.74) is 1.71. The van der Waals surface area contributed by atoms with Gasteiger partial charge in [-0.05, 0) is 26.8 Å². The molecule has 4 nitrogen and oxygen atoms in total. The Labute approximate surface area is 97.3 Å². The van der Waals surface area contributed by atoms with Crippen molar-refractivity contribution in [2.45, 2.75) is 26.3 Å². The molecule has 16 heavy (non-hydrogen) atoms. The zero-order valence-corrected chi connectivity index (χ0v) is 10.5. The van der Waals surface area contributed by atoms with Crippen LogP contribution in [0.3, 0.4) is 0 Å². The van der Waals surface area contributed by atoms with E-state index in [9.17, 15) is 5.11 Å². The first-order valence-corrected chi connectivity index (χ1v) is 5.55. The molecular weight excluding hydrogens is 202 g/mol. The van der Waals surface area contributed by atoms with E-state index in [1.807, 2.05) is 38.8 Å². The molecule has 1 rings (SSSR count). The molecule has 0 fully saturated rings. The molecule has 0 atom stereocenters. The predicted octanol–water partition coefficient (Wildman–Crippen LogP) is 1.72. The fraction of sp³-hybridized carbons (Fsp3) is 0.583. The van der Waals surface area contributed by atoms with Crippen LogP contribution in [0.2, 0.25) is 0 Å². The topological polar surface area (TPSA) is 48.4 Å². The second-order valence-corrected chi connectivity index (χ2v) is 4.49. The summed E-state index contributed by atoms with van der Waals surface area (Å²) in [7, 11) is 1.96. The first kappa shape index (κ1) is 12.8. The van der Waals surface area contributed by atoms with E-state index in [1.54, 1.807) is 12.4 Å². The fourth-order valence-electron chi connectivity index (χ4n) is 1.37. The van der Waals surface area contributed by atoms with Gasteiger partial charge in [-0.15, -0.1) is 0 Å². The van der Waals surface area contributed by atoms with Gasteiger partial charge in [0.1, 0.15) is 0 Å². The Bertz CT molecular complexity index is 339. The highest BCUT2D eigenvalue weighted by molar-refractivity contribution is 5.56. The molecule has 0 aliphatic heterocycles. The summed E-state index contributed by atoms with van der Waals surface area (Å²) < 4.78 is 0. The summed E-state index contributed by atoms with van der Waals surface area (Å²) in [6.45, 7) is 7.01. The molecule has 0 aromatic carbocycles. The molecule has 0 saturated carbocycles. The van der Waals surface area contributed by atoms with Gasteiger partial charge in [0, 0.05) is 13.6 Å². The summed E-state index contributed by atoms with van der Waals surface area (Å²) >= 11 is 0. The average Bonchev–Trinajstić information content (AvgIpc) is 2.29. The minimum absolute atomic E-state index is 0.106. The summed E-state index contributed by atoms with van der Waals surface area (Å²) in [5.74, 6) is 0. The van der Waals surface area contributed by atoms with Gasteiger partial charge in [-0.3, -0.25) is 4.98 Å². The Morgan fingerprint density at radius 3 is 2.69 bits per heavy atom. The molecule has 0 aliphatic rings. The van der Waals surface area contributed by atoms with Crippen LogP contribution in [0.1, 0.15) is 20.8 Å². The fourth-order valence-corrected chi connectivity index (χ4v) is 1.37. The van der Waals surface area contributed by atoms with Crippen LogP contribution in [0.25, 0.3) is 0 Å². The minimum atomic E-state index is -0.285. The standard InChI is InChI=1S/C12H21N3O/c1-5-14-10-6-11(8-13-7-10)15(4)12(2,3)9-16/h6-8,14,16H,5,9H2,1-4H3. The number of anilines is 2. The zero-order valence-electron chi connectivity index (χ0n) is 10.5. The van der Waals surface area contributed by atoms with Crippen molar-refractivity contribution >= 4 is 11.4 Å². The Balaban J connectivity index is 2.91. The summed E-state index contributed by atoms with van der Waals surface area (Å²) in [6.07, 6.45) is 3.60. The second kappa shape index (κ2) is 5.16. The minimum Gasteiger partial charge on any atom is -0.394 e. The van der Waals surface area contributed by atoms with Crippen molar-refractivity contribution in [2.75, 3.05) is 30.4 Å². The van der Waals surface area contributed by atoms with Gasteiger partial charge in [0.2, 0.25) is 0 Å². The zero-order chi connectivity index (χ0) is 12.2. The quantitative estimate of drug-likeness (QED) is 0.798. The lowest BCUT2D eigenvalue weighted by Gasteiger charge is -2.35. The highest BCUT2D eigenvalue weighted by Crippen LogP contribution is 2.23. The lowest BCUT2D eigenvalue weighted by Crippen LogP contribution is -2.44. The van der Waals surface area contributed by atoms with Crippen LogP contribution in [0.15, 0.2) is 18.5 Å². The first-order chi connectivity index (χ1) is 7.51. The number of likely N-dealkylation sites (N-methyl/N-ethyl adjacent to an activating group) is 1. The van der Waals surface area contributed by atoms with Gasteiger partial charge in [0.15, 0.2) is 0 Å². The Morgan fingerprint density at radius 2 is 2.12 bits per heavy atom. The third kappa shape index (κ3) is 2.85. The molecule has 0 amide bonds. The van der Waals surface area contributed by atoms with Crippen molar-refractivity contribution in [1.82, 2.24) is 4.98 Å². The Hall–Kier alpha value is -1.29. The van der Waals surface area contributed by atoms with E-state index in [2.05, 4.69) is 10.3 Å². The van der Waals surface area contributed by atoms with E-state index < -0.39 is 0 Å². The number of hydrogen-bond acceptors (Lipinski definition) is 4. The number of nitrogens with one attached hydrogen (secondary N) is 1. The highest BCUT2D eigenvalue weighted by atomic mass is 16.3. The summed E-state index contributed by atoms with van der Waals surface area (Å²) in [6, 6.07) is 2.04. The average molecular weight is 223 g/mol. The summed E-state index contributed by atoms with van der Waals surface area (Å²) in [4.78, 5) is 6.21. The monoisotopic (exact) mass is 223 g/mol. The van der Waals surface area contributed by atoms with E-state index in [1.165, 1.54) is 0 Å². The number of aromatic nitrogens is 1. The van der Waals surface area contributed by atoms with E-state index in [-0.39, 0.29) is 12.1 Å². The summed E-state index contributed by atoms with van der Waals surface area (Å²) in [5, 5.41) is 12.5. The van der Waals surface area contributed by atoms with Gasteiger partial charge in [-0.25, -0.2) is 0 Å². The van der Waals surface area contributed by atoms with Gasteiger partial charge in [0.25, 0.3) is 0 Å². The van der Waals surface area contributed by atoms with E-state index in [0.717, 1.165) is 17.9 Å². The van der Waals surface area contributed by atoms with E-state index >= 15 is 0 Å². The lowest BCUT2D eigenvalue weighted by atomic mass is 10.0. The number of aliphatic hydroxyl groups is 1. The highest BCUT2D eigenvalue weighted by Gasteiger charge is 2.22. The van der Waals surface area contributed by atoms with Gasteiger partial charge in [0.05, 0.1) is 35.9 Å². The van der Waals surface area contributed by atoms with Crippen LogP contribution in [0.5, 0.6) is 0 Å². The Morgan fingerprint density at radius 1 is 1.44 bits per heavy atom. The molecule has 2 N–H and O–H groups in total. The third-order valence-corrected chi connectivity index (χ3v) is 2.79. The van der Waals surface area contributed by atoms with E-state index in [0.29, 0.717) is 0 Å². The number of rotatable bonds is 5.